The molecule has 2 aromatic carbocycles. The Labute approximate surface area is 257 Å². The number of carbonyl (C=O) groups is 1. The van der Waals surface area contributed by atoms with Crippen molar-refractivity contribution < 1.29 is 41.0 Å². The fraction of sp³-hybridized carbons (Fsp3) is 0.353. The number of aliphatic hydroxyl groups excluding tert-OH is 1. The second kappa shape index (κ2) is 13.1. The topological polar surface area (TPSA) is 64.4 Å². The van der Waals surface area contributed by atoms with Gasteiger partial charge in [-0.1, -0.05) is 31.2 Å². The van der Waals surface area contributed by atoms with Crippen molar-refractivity contribution in [2.45, 2.75) is 59.2 Å². The molecule has 240 valence electrons. The Morgan fingerprint density at radius 3 is 2.40 bits per heavy atom. The standard InChI is InChI=1S/C34H34F6N2O3/c1-7-20-10-8-9-11-23(29-24(34(38,39)40)16-27-31(33(29)45-6)41-19(4)42(27)5)28(20)21(13-18(3)43)12-17(2)32(44)22-14-25(35)30(37)26(36)15-22/h8-9,11-12,14-16,18,20,43H,7,10,13H2,1-6H3/b17-12+,28-21-/t18?,20-/m0/s1. The van der Waals surface area contributed by atoms with E-state index in [2.05, 4.69) is 4.98 Å². The normalized spacial score (nSPS) is 17.8. The van der Waals surface area contributed by atoms with Crippen LogP contribution in [-0.2, 0) is 13.2 Å². The van der Waals surface area contributed by atoms with E-state index in [0.29, 0.717) is 41.9 Å². The number of allylic oxidation sites excluding steroid dienone is 7. The summed E-state index contributed by atoms with van der Waals surface area (Å²) in [6, 6.07) is 2.21. The van der Waals surface area contributed by atoms with Gasteiger partial charge in [-0.3, -0.25) is 4.79 Å². The van der Waals surface area contributed by atoms with E-state index in [-0.39, 0.29) is 45.8 Å². The first-order valence-electron chi connectivity index (χ1n) is 14.4. The molecule has 0 radical (unpaired) electrons. The molecule has 0 bridgehead atoms. The smallest absolute Gasteiger partial charge is 0.417 e. The molecule has 0 aliphatic heterocycles. The number of aryl methyl sites for hydroxylation is 2. The Morgan fingerprint density at radius 1 is 1.20 bits per heavy atom. The van der Waals surface area contributed by atoms with Crippen LogP contribution in [0.3, 0.4) is 0 Å². The van der Waals surface area contributed by atoms with Crippen molar-refractivity contribution in [3.8, 4) is 5.75 Å². The Balaban J connectivity index is 2.08. The van der Waals surface area contributed by atoms with Crippen molar-refractivity contribution in [3.05, 3.63) is 99.2 Å². The number of alkyl halides is 3. The average Bonchev–Trinajstić information content (AvgIpc) is 3.12. The maximum Gasteiger partial charge on any atom is 0.417 e. The predicted octanol–water partition coefficient (Wildman–Crippen LogP) is 8.59. The Bertz CT molecular complexity index is 1750. The second-order valence-corrected chi connectivity index (χ2v) is 11.2. The molecule has 1 N–H and O–H groups in total. The number of methoxy groups -OCH3 is 1. The summed E-state index contributed by atoms with van der Waals surface area (Å²) in [5.41, 5.74) is -0.203. The molecule has 1 unspecified atom stereocenters. The molecule has 1 heterocycles. The minimum atomic E-state index is -4.80. The van der Waals surface area contributed by atoms with Crippen LogP contribution < -0.4 is 4.74 Å². The highest BCUT2D eigenvalue weighted by atomic mass is 19.4. The van der Waals surface area contributed by atoms with Crippen LogP contribution in [0.2, 0.25) is 0 Å². The molecule has 2 atom stereocenters. The lowest BCUT2D eigenvalue weighted by Crippen LogP contribution is -2.16. The molecular weight excluding hydrogens is 598 g/mol. The molecular formula is C34H34F6N2O3. The number of aromatic nitrogens is 2. The van der Waals surface area contributed by atoms with Gasteiger partial charge >= 0.3 is 6.18 Å². The number of ether oxygens (including phenoxy) is 1. The van der Waals surface area contributed by atoms with Crippen LogP contribution in [0, 0.1) is 30.3 Å². The van der Waals surface area contributed by atoms with Crippen molar-refractivity contribution in [1.29, 1.82) is 0 Å². The zero-order valence-electron chi connectivity index (χ0n) is 25.7. The number of imidazole rings is 1. The zero-order chi connectivity index (χ0) is 33.4. The van der Waals surface area contributed by atoms with Gasteiger partial charge < -0.3 is 14.4 Å². The average molecular weight is 633 g/mol. The van der Waals surface area contributed by atoms with E-state index >= 15 is 0 Å². The molecule has 45 heavy (non-hydrogen) atoms. The number of halogens is 6. The molecule has 0 spiro atoms. The van der Waals surface area contributed by atoms with Crippen LogP contribution in [0.25, 0.3) is 16.6 Å². The summed E-state index contributed by atoms with van der Waals surface area (Å²) in [5, 5.41) is 10.5. The molecule has 1 aromatic heterocycles. The van der Waals surface area contributed by atoms with Crippen LogP contribution in [0.15, 0.2) is 59.2 Å². The van der Waals surface area contributed by atoms with Crippen molar-refractivity contribution in [2.75, 3.05) is 7.11 Å². The number of nitrogens with zero attached hydrogens (tertiary/aromatic N) is 2. The summed E-state index contributed by atoms with van der Waals surface area (Å²) < 4.78 is 93.3. The first-order chi connectivity index (χ1) is 21.1. The van der Waals surface area contributed by atoms with Gasteiger partial charge in [0.2, 0.25) is 0 Å². The van der Waals surface area contributed by atoms with Crippen molar-refractivity contribution in [2.24, 2.45) is 13.0 Å². The highest BCUT2D eigenvalue weighted by Gasteiger charge is 2.39. The monoisotopic (exact) mass is 632 g/mol. The molecule has 3 aromatic rings. The van der Waals surface area contributed by atoms with E-state index in [1.807, 2.05) is 13.0 Å². The third-order valence-electron chi connectivity index (χ3n) is 8.00. The molecule has 1 aliphatic carbocycles. The van der Waals surface area contributed by atoms with Crippen LogP contribution in [-0.4, -0.2) is 33.7 Å². The van der Waals surface area contributed by atoms with Crippen molar-refractivity contribution >= 4 is 22.4 Å². The first kappa shape index (κ1) is 33.8. The number of hydrogen-bond donors (Lipinski definition) is 1. The van der Waals surface area contributed by atoms with E-state index in [9.17, 15) is 36.2 Å². The highest BCUT2D eigenvalue weighted by molar-refractivity contribution is 6.08. The van der Waals surface area contributed by atoms with E-state index in [4.69, 9.17) is 4.74 Å². The minimum absolute atomic E-state index is 0.0196. The van der Waals surface area contributed by atoms with Gasteiger partial charge in [-0.15, -0.1) is 0 Å². The third-order valence-corrected chi connectivity index (χ3v) is 8.00. The molecule has 0 amide bonds. The Kier molecular flexibility index (Phi) is 9.82. The Morgan fingerprint density at radius 2 is 1.84 bits per heavy atom. The first-order valence-corrected chi connectivity index (χ1v) is 14.4. The van der Waals surface area contributed by atoms with Crippen molar-refractivity contribution in [3.63, 3.8) is 0 Å². The maximum absolute atomic E-state index is 14.9. The molecule has 1 aliphatic rings. The lowest BCUT2D eigenvalue weighted by molar-refractivity contribution is -0.137. The molecule has 4 rings (SSSR count). The number of Topliss-reactive ketones (excluding diaryl/α,β-unsaturated/α-hetero) is 1. The summed E-state index contributed by atoms with van der Waals surface area (Å²) >= 11 is 0. The maximum atomic E-state index is 14.9. The number of fused-ring (bicyclic) bond motifs is 1. The number of ketones is 1. The SMILES string of the molecule is CC[C@H]1CC=CC=C(c2c(C(F)(F)F)cc3c(nc(C)n3C)c2OC)/C1=C(/C=C(\C)C(=O)c1cc(F)c(F)c(F)c1)CC(C)O. The largest absolute Gasteiger partial charge is 0.494 e. The van der Waals surface area contributed by atoms with Gasteiger partial charge in [-0.05, 0) is 86.4 Å². The zero-order valence-corrected chi connectivity index (χ0v) is 25.7. The number of benzene rings is 2. The van der Waals surface area contributed by atoms with Gasteiger partial charge in [0.05, 0.1) is 24.3 Å². The summed E-state index contributed by atoms with van der Waals surface area (Å²) in [4.78, 5) is 17.8. The minimum Gasteiger partial charge on any atom is -0.494 e. The number of hydrogen-bond acceptors (Lipinski definition) is 4. The summed E-state index contributed by atoms with van der Waals surface area (Å²) in [5.74, 6) is -5.56. The number of carbonyl (C=O) groups excluding carboxylic acids is 1. The van der Waals surface area contributed by atoms with Gasteiger partial charge in [-0.2, -0.15) is 13.2 Å². The molecule has 5 nitrogen and oxygen atoms in total. The second-order valence-electron chi connectivity index (χ2n) is 11.2. The summed E-state index contributed by atoms with van der Waals surface area (Å²) in [6.07, 6.45) is 1.54. The fourth-order valence-corrected chi connectivity index (χ4v) is 5.76. The fourth-order valence-electron chi connectivity index (χ4n) is 5.76. The van der Waals surface area contributed by atoms with E-state index in [1.54, 1.807) is 30.7 Å². The molecule has 0 saturated heterocycles. The molecule has 0 saturated carbocycles. The highest BCUT2D eigenvalue weighted by Crippen LogP contribution is 2.49. The van der Waals surface area contributed by atoms with E-state index in [0.717, 1.165) is 6.07 Å². The molecule has 11 heteroatoms. The van der Waals surface area contributed by atoms with Gasteiger partial charge in [0.1, 0.15) is 11.3 Å². The quantitative estimate of drug-likeness (QED) is 0.117. The van der Waals surface area contributed by atoms with Crippen LogP contribution in [0.5, 0.6) is 5.75 Å². The molecule has 0 fully saturated rings. The number of rotatable bonds is 8. The van der Waals surface area contributed by atoms with Gasteiger partial charge in [0.15, 0.2) is 29.0 Å². The van der Waals surface area contributed by atoms with E-state index in [1.165, 1.54) is 27.0 Å². The van der Waals surface area contributed by atoms with Crippen LogP contribution >= 0.6 is 0 Å². The van der Waals surface area contributed by atoms with Gasteiger partial charge in [-0.25, -0.2) is 18.2 Å². The van der Waals surface area contributed by atoms with Crippen LogP contribution in [0.4, 0.5) is 26.3 Å². The third kappa shape index (κ3) is 6.63. The lowest BCUT2D eigenvalue weighted by Gasteiger charge is -2.27. The summed E-state index contributed by atoms with van der Waals surface area (Å²) in [6.45, 7) is 6.43. The van der Waals surface area contributed by atoms with Crippen molar-refractivity contribution in [1.82, 2.24) is 9.55 Å². The van der Waals surface area contributed by atoms with Gasteiger partial charge in [0, 0.05) is 18.2 Å². The Hall–Kier alpha value is -4.12. The van der Waals surface area contributed by atoms with Crippen LogP contribution in [0.1, 0.15) is 67.3 Å². The number of aliphatic hydroxyl groups is 1. The summed E-state index contributed by atoms with van der Waals surface area (Å²) in [7, 11) is 2.89. The predicted molar refractivity (Wildman–Crippen MR) is 160 cm³/mol. The van der Waals surface area contributed by atoms with Gasteiger partial charge in [0.25, 0.3) is 0 Å². The van der Waals surface area contributed by atoms with E-state index < -0.39 is 46.6 Å². The lowest BCUT2D eigenvalue weighted by atomic mass is 9.79.